The second-order valence-corrected chi connectivity index (χ2v) is 5.76. The fraction of sp³-hybridized carbons (Fsp3) is 0.692. The van der Waals surface area contributed by atoms with E-state index in [0.29, 0.717) is 18.8 Å². The van der Waals surface area contributed by atoms with Crippen molar-refractivity contribution in [3.63, 3.8) is 0 Å². The number of rotatable bonds is 3. The summed E-state index contributed by atoms with van der Waals surface area (Å²) >= 11 is 1.63. The van der Waals surface area contributed by atoms with Crippen LogP contribution in [0.1, 0.15) is 37.3 Å². The molecule has 0 amide bonds. The van der Waals surface area contributed by atoms with Crippen molar-refractivity contribution in [3.05, 3.63) is 22.4 Å². The molecule has 1 N–H and O–H groups in total. The zero-order chi connectivity index (χ0) is 13.2. The van der Waals surface area contributed by atoms with Gasteiger partial charge in [-0.25, -0.2) is 0 Å². The summed E-state index contributed by atoms with van der Waals surface area (Å²) in [4.78, 5) is 0. The van der Waals surface area contributed by atoms with Gasteiger partial charge in [0.25, 0.3) is 0 Å². The third kappa shape index (κ3) is 3.06. The van der Waals surface area contributed by atoms with Crippen molar-refractivity contribution in [3.8, 4) is 0 Å². The maximum Gasteiger partial charge on any atom is 0.391 e. The Morgan fingerprint density at radius 2 is 1.94 bits per heavy atom. The van der Waals surface area contributed by atoms with Gasteiger partial charge in [-0.05, 0) is 61.0 Å². The molecule has 1 aliphatic rings. The van der Waals surface area contributed by atoms with Crippen molar-refractivity contribution in [1.29, 1.82) is 0 Å². The van der Waals surface area contributed by atoms with Gasteiger partial charge in [-0.2, -0.15) is 24.5 Å². The zero-order valence-corrected chi connectivity index (χ0v) is 11.2. The standard InChI is InChI=1S/C13H18F3NS/c1-17-12(10-6-7-18-8-10)9-2-4-11(5-3-9)13(14,15)16/h6-9,11-12,17H,2-5H2,1H3. The molecule has 0 saturated heterocycles. The van der Waals surface area contributed by atoms with Crippen LogP contribution in [-0.2, 0) is 0 Å². The minimum Gasteiger partial charge on any atom is -0.313 e. The number of thiophene rings is 1. The highest BCUT2D eigenvalue weighted by Crippen LogP contribution is 2.43. The van der Waals surface area contributed by atoms with Gasteiger partial charge in [-0.1, -0.05) is 0 Å². The highest BCUT2D eigenvalue weighted by molar-refractivity contribution is 7.07. The van der Waals surface area contributed by atoms with E-state index in [-0.39, 0.29) is 18.9 Å². The molecule has 5 heteroatoms. The van der Waals surface area contributed by atoms with E-state index in [2.05, 4.69) is 16.8 Å². The summed E-state index contributed by atoms with van der Waals surface area (Å²) in [6.45, 7) is 0. The van der Waals surface area contributed by atoms with Crippen molar-refractivity contribution < 1.29 is 13.2 Å². The summed E-state index contributed by atoms with van der Waals surface area (Å²) in [5.41, 5.74) is 1.21. The monoisotopic (exact) mass is 277 g/mol. The topological polar surface area (TPSA) is 12.0 Å². The van der Waals surface area contributed by atoms with Gasteiger partial charge < -0.3 is 5.32 Å². The molecule has 1 aliphatic carbocycles. The number of alkyl halides is 3. The molecule has 0 radical (unpaired) electrons. The predicted octanol–water partition coefficient (Wildman–Crippen LogP) is 4.38. The Balaban J connectivity index is 1.96. The lowest BCUT2D eigenvalue weighted by atomic mass is 9.77. The third-order valence-corrected chi connectivity index (χ3v) is 4.62. The molecule has 1 unspecified atom stereocenters. The molecule has 1 aromatic heterocycles. The lowest BCUT2D eigenvalue weighted by Crippen LogP contribution is -2.32. The molecule has 1 saturated carbocycles. The minimum absolute atomic E-state index is 0.199. The molecule has 0 spiro atoms. The van der Waals surface area contributed by atoms with E-state index in [1.165, 1.54) is 5.56 Å². The Kier molecular flexibility index (Phi) is 4.33. The molecule has 1 atom stereocenters. The van der Waals surface area contributed by atoms with E-state index < -0.39 is 12.1 Å². The summed E-state index contributed by atoms with van der Waals surface area (Å²) in [5, 5.41) is 7.35. The summed E-state index contributed by atoms with van der Waals surface area (Å²) < 4.78 is 37.8. The molecule has 0 aromatic carbocycles. The Morgan fingerprint density at radius 3 is 2.39 bits per heavy atom. The van der Waals surface area contributed by atoms with Crippen molar-refractivity contribution in [2.75, 3.05) is 7.05 Å². The molecular weight excluding hydrogens is 259 g/mol. The summed E-state index contributed by atoms with van der Waals surface area (Å²) in [5.74, 6) is -0.767. The van der Waals surface area contributed by atoms with Crippen molar-refractivity contribution in [1.82, 2.24) is 5.32 Å². The van der Waals surface area contributed by atoms with Gasteiger partial charge in [0.2, 0.25) is 0 Å². The number of hydrogen-bond donors (Lipinski definition) is 1. The molecule has 102 valence electrons. The summed E-state index contributed by atoms with van der Waals surface area (Å²) in [6.07, 6.45) is -2.15. The lowest BCUT2D eigenvalue weighted by molar-refractivity contribution is -0.184. The predicted molar refractivity (Wildman–Crippen MR) is 67.6 cm³/mol. The van der Waals surface area contributed by atoms with Crippen molar-refractivity contribution in [2.24, 2.45) is 11.8 Å². The molecule has 1 fully saturated rings. The van der Waals surface area contributed by atoms with E-state index in [4.69, 9.17) is 0 Å². The van der Waals surface area contributed by atoms with E-state index in [9.17, 15) is 13.2 Å². The van der Waals surface area contributed by atoms with Gasteiger partial charge in [-0.15, -0.1) is 0 Å². The molecule has 2 rings (SSSR count). The van der Waals surface area contributed by atoms with Gasteiger partial charge in [0.1, 0.15) is 0 Å². The van der Waals surface area contributed by atoms with Crippen LogP contribution in [0.25, 0.3) is 0 Å². The molecule has 1 heterocycles. The minimum atomic E-state index is -4.01. The molecule has 1 aromatic rings. The summed E-state index contributed by atoms with van der Waals surface area (Å²) in [7, 11) is 1.89. The number of hydrogen-bond acceptors (Lipinski definition) is 2. The van der Waals surface area contributed by atoms with Gasteiger partial charge in [-0.3, -0.25) is 0 Å². The fourth-order valence-corrected chi connectivity index (χ4v) is 3.60. The van der Waals surface area contributed by atoms with E-state index in [0.717, 1.165) is 0 Å². The van der Waals surface area contributed by atoms with Crippen LogP contribution >= 0.6 is 11.3 Å². The normalized spacial score (nSPS) is 27.1. The Bertz CT molecular complexity index is 353. The maximum atomic E-state index is 12.6. The third-order valence-electron chi connectivity index (χ3n) is 3.92. The smallest absolute Gasteiger partial charge is 0.313 e. The Morgan fingerprint density at radius 1 is 1.28 bits per heavy atom. The lowest BCUT2D eigenvalue weighted by Gasteiger charge is -2.34. The van der Waals surface area contributed by atoms with Crippen LogP contribution in [0.4, 0.5) is 13.2 Å². The fourth-order valence-electron chi connectivity index (χ4n) is 2.91. The Labute approximate surface area is 109 Å². The van der Waals surface area contributed by atoms with Gasteiger partial charge in [0, 0.05) is 6.04 Å². The van der Waals surface area contributed by atoms with Crippen LogP contribution in [0.3, 0.4) is 0 Å². The van der Waals surface area contributed by atoms with E-state index in [1.807, 2.05) is 12.4 Å². The van der Waals surface area contributed by atoms with E-state index in [1.54, 1.807) is 11.3 Å². The van der Waals surface area contributed by atoms with Crippen LogP contribution in [0.5, 0.6) is 0 Å². The van der Waals surface area contributed by atoms with Crippen molar-refractivity contribution in [2.45, 2.75) is 37.9 Å². The molecular formula is C13H18F3NS. The second-order valence-electron chi connectivity index (χ2n) is 4.98. The van der Waals surface area contributed by atoms with Gasteiger partial charge >= 0.3 is 6.18 Å². The molecule has 18 heavy (non-hydrogen) atoms. The maximum absolute atomic E-state index is 12.6. The van der Waals surface area contributed by atoms with Crippen LogP contribution < -0.4 is 5.32 Å². The SMILES string of the molecule is CNC(c1ccsc1)C1CCC(C(F)(F)F)CC1. The van der Waals surface area contributed by atoms with Crippen molar-refractivity contribution >= 4 is 11.3 Å². The van der Waals surface area contributed by atoms with E-state index >= 15 is 0 Å². The van der Waals surface area contributed by atoms with Crippen LogP contribution in [0.2, 0.25) is 0 Å². The van der Waals surface area contributed by atoms with Crippen LogP contribution in [0.15, 0.2) is 16.8 Å². The second kappa shape index (κ2) is 5.61. The largest absolute Gasteiger partial charge is 0.391 e. The first-order valence-electron chi connectivity index (χ1n) is 6.28. The molecule has 0 bridgehead atoms. The highest BCUT2D eigenvalue weighted by Gasteiger charge is 2.42. The number of halogens is 3. The highest BCUT2D eigenvalue weighted by atomic mass is 32.1. The average molecular weight is 277 g/mol. The number of nitrogens with one attached hydrogen (secondary N) is 1. The first-order chi connectivity index (χ1) is 8.52. The van der Waals surface area contributed by atoms with Crippen LogP contribution in [0, 0.1) is 11.8 Å². The first-order valence-corrected chi connectivity index (χ1v) is 7.22. The first kappa shape index (κ1) is 13.9. The van der Waals surface area contributed by atoms with Gasteiger partial charge in [0.05, 0.1) is 5.92 Å². The van der Waals surface area contributed by atoms with Gasteiger partial charge in [0.15, 0.2) is 0 Å². The average Bonchev–Trinajstić information content (AvgIpc) is 2.83. The van der Waals surface area contributed by atoms with Crippen LogP contribution in [-0.4, -0.2) is 13.2 Å². The summed E-state index contributed by atoms with van der Waals surface area (Å²) in [6, 6.07) is 2.26. The molecule has 1 nitrogen and oxygen atoms in total. The molecule has 0 aliphatic heterocycles. The Hall–Kier alpha value is -0.550. The quantitative estimate of drug-likeness (QED) is 0.864. The zero-order valence-electron chi connectivity index (χ0n) is 10.3.